The van der Waals surface area contributed by atoms with Gasteiger partial charge in [-0.2, -0.15) is 0 Å². The van der Waals surface area contributed by atoms with E-state index in [1.807, 2.05) is 31.2 Å². The standard InChI is InChI=1S/C17H18O4/c1-3-21-13-6-4-12(5-7-13)10-16(18)15-9-8-14(20-2)11-17(15)19/h4-9,11,19H,3,10H2,1-2H3. The lowest BCUT2D eigenvalue weighted by molar-refractivity contribution is 0.0990. The summed E-state index contributed by atoms with van der Waals surface area (Å²) in [6.07, 6.45) is 0.228. The molecule has 4 heteroatoms. The predicted octanol–water partition coefficient (Wildman–Crippen LogP) is 3.22. The number of rotatable bonds is 6. The van der Waals surface area contributed by atoms with Gasteiger partial charge in [-0.25, -0.2) is 0 Å². The van der Waals surface area contributed by atoms with Gasteiger partial charge in [0.2, 0.25) is 0 Å². The number of aromatic hydroxyl groups is 1. The van der Waals surface area contributed by atoms with E-state index >= 15 is 0 Å². The van der Waals surface area contributed by atoms with Crippen molar-refractivity contribution < 1.29 is 19.4 Å². The van der Waals surface area contributed by atoms with Gasteiger partial charge in [-0.15, -0.1) is 0 Å². The minimum absolute atomic E-state index is 0.0645. The van der Waals surface area contributed by atoms with Crippen molar-refractivity contribution in [3.63, 3.8) is 0 Å². The summed E-state index contributed by atoms with van der Waals surface area (Å²) in [6, 6.07) is 12.0. The minimum atomic E-state index is -0.140. The maximum Gasteiger partial charge on any atom is 0.170 e. The van der Waals surface area contributed by atoms with E-state index in [4.69, 9.17) is 9.47 Å². The van der Waals surface area contributed by atoms with E-state index in [0.717, 1.165) is 11.3 Å². The first-order valence-corrected chi connectivity index (χ1v) is 6.76. The first-order valence-electron chi connectivity index (χ1n) is 6.76. The maximum absolute atomic E-state index is 12.2. The summed E-state index contributed by atoms with van der Waals surface area (Å²) in [5.74, 6) is 1.09. The summed E-state index contributed by atoms with van der Waals surface area (Å²) < 4.78 is 10.4. The zero-order valence-electron chi connectivity index (χ0n) is 12.1. The maximum atomic E-state index is 12.2. The van der Waals surface area contributed by atoms with Crippen LogP contribution in [0.4, 0.5) is 0 Å². The van der Waals surface area contributed by atoms with E-state index < -0.39 is 0 Å². The Bertz CT molecular complexity index is 617. The van der Waals surface area contributed by atoms with Crippen LogP contribution in [-0.4, -0.2) is 24.6 Å². The van der Waals surface area contributed by atoms with Gasteiger partial charge in [-0.05, 0) is 36.8 Å². The minimum Gasteiger partial charge on any atom is -0.507 e. The summed E-state index contributed by atoms with van der Waals surface area (Å²) in [4.78, 5) is 12.2. The third-order valence-corrected chi connectivity index (χ3v) is 3.10. The normalized spacial score (nSPS) is 10.2. The van der Waals surface area contributed by atoms with Crippen LogP contribution in [0.5, 0.6) is 17.2 Å². The molecule has 0 spiro atoms. The Morgan fingerprint density at radius 2 is 1.76 bits per heavy atom. The van der Waals surface area contributed by atoms with Crippen molar-refractivity contribution in [1.82, 2.24) is 0 Å². The van der Waals surface area contributed by atoms with Gasteiger partial charge in [-0.3, -0.25) is 4.79 Å². The van der Waals surface area contributed by atoms with Gasteiger partial charge in [-0.1, -0.05) is 12.1 Å². The molecule has 0 heterocycles. The fourth-order valence-electron chi connectivity index (χ4n) is 2.03. The van der Waals surface area contributed by atoms with Gasteiger partial charge < -0.3 is 14.6 Å². The van der Waals surface area contributed by atoms with Crippen molar-refractivity contribution >= 4 is 5.78 Å². The molecule has 0 saturated heterocycles. The number of Topliss-reactive ketones (excluding diaryl/α,β-unsaturated/α-hetero) is 1. The monoisotopic (exact) mass is 286 g/mol. The number of carbonyl (C=O) groups is 1. The highest BCUT2D eigenvalue weighted by Crippen LogP contribution is 2.25. The highest BCUT2D eigenvalue weighted by atomic mass is 16.5. The van der Waals surface area contributed by atoms with E-state index in [0.29, 0.717) is 17.9 Å². The molecule has 0 atom stereocenters. The lowest BCUT2D eigenvalue weighted by Gasteiger charge is -2.07. The van der Waals surface area contributed by atoms with Crippen LogP contribution in [0.15, 0.2) is 42.5 Å². The first kappa shape index (κ1) is 14.9. The predicted molar refractivity (Wildman–Crippen MR) is 80.3 cm³/mol. The van der Waals surface area contributed by atoms with E-state index in [1.165, 1.54) is 13.2 Å². The summed E-state index contributed by atoms with van der Waals surface area (Å²) in [7, 11) is 1.51. The molecule has 0 aromatic heterocycles. The fraction of sp³-hybridized carbons (Fsp3) is 0.235. The van der Waals surface area contributed by atoms with E-state index in [9.17, 15) is 9.90 Å². The highest BCUT2D eigenvalue weighted by molar-refractivity contribution is 6.00. The van der Waals surface area contributed by atoms with E-state index in [2.05, 4.69) is 0 Å². The number of ether oxygens (including phenoxy) is 2. The number of benzene rings is 2. The first-order chi connectivity index (χ1) is 10.1. The van der Waals surface area contributed by atoms with Crippen molar-refractivity contribution in [3.8, 4) is 17.2 Å². The van der Waals surface area contributed by atoms with Gasteiger partial charge in [0.05, 0.1) is 19.3 Å². The van der Waals surface area contributed by atoms with Crippen LogP contribution in [0, 0.1) is 0 Å². The average molecular weight is 286 g/mol. The zero-order valence-corrected chi connectivity index (χ0v) is 12.1. The molecule has 0 unspecified atom stereocenters. The molecule has 0 aliphatic carbocycles. The lowest BCUT2D eigenvalue weighted by atomic mass is 10.0. The van der Waals surface area contributed by atoms with Gasteiger partial charge in [0.15, 0.2) is 5.78 Å². The molecule has 0 aliphatic rings. The van der Waals surface area contributed by atoms with Crippen LogP contribution < -0.4 is 9.47 Å². The number of ketones is 1. The highest BCUT2D eigenvalue weighted by Gasteiger charge is 2.12. The number of hydrogen-bond acceptors (Lipinski definition) is 4. The molecule has 110 valence electrons. The topological polar surface area (TPSA) is 55.8 Å². The van der Waals surface area contributed by atoms with Crippen LogP contribution in [0.25, 0.3) is 0 Å². The number of hydrogen-bond donors (Lipinski definition) is 1. The fourth-order valence-corrected chi connectivity index (χ4v) is 2.03. The van der Waals surface area contributed by atoms with Crippen molar-refractivity contribution in [2.24, 2.45) is 0 Å². The van der Waals surface area contributed by atoms with Gasteiger partial charge >= 0.3 is 0 Å². The largest absolute Gasteiger partial charge is 0.507 e. The molecule has 0 fully saturated rings. The lowest BCUT2D eigenvalue weighted by Crippen LogP contribution is -2.04. The van der Waals surface area contributed by atoms with Gasteiger partial charge in [0, 0.05) is 12.5 Å². The molecule has 2 aromatic rings. The molecule has 0 aliphatic heterocycles. The summed E-state index contributed by atoms with van der Waals surface area (Å²) in [5.41, 5.74) is 1.17. The van der Waals surface area contributed by atoms with Crippen molar-refractivity contribution in [2.45, 2.75) is 13.3 Å². The van der Waals surface area contributed by atoms with E-state index in [1.54, 1.807) is 12.1 Å². The molecule has 21 heavy (non-hydrogen) atoms. The molecular weight excluding hydrogens is 268 g/mol. The van der Waals surface area contributed by atoms with Crippen LogP contribution >= 0.6 is 0 Å². The second kappa shape index (κ2) is 6.79. The summed E-state index contributed by atoms with van der Waals surface area (Å²) >= 11 is 0. The number of carbonyl (C=O) groups excluding carboxylic acids is 1. The molecule has 0 amide bonds. The van der Waals surface area contributed by atoms with Crippen molar-refractivity contribution in [1.29, 1.82) is 0 Å². The summed E-state index contributed by atoms with van der Waals surface area (Å²) in [5, 5.41) is 9.86. The number of phenols is 1. The van der Waals surface area contributed by atoms with Crippen molar-refractivity contribution in [3.05, 3.63) is 53.6 Å². The third kappa shape index (κ3) is 3.75. The van der Waals surface area contributed by atoms with Crippen LogP contribution in [-0.2, 0) is 6.42 Å². The smallest absolute Gasteiger partial charge is 0.170 e. The van der Waals surface area contributed by atoms with Crippen LogP contribution in [0.3, 0.4) is 0 Å². The molecule has 2 rings (SSSR count). The molecule has 1 N–H and O–H groups in total. The zero-order chi connectivity index (χ0) is 15.2. The van der Waals surface area contributed by atoms with Crippen LogP contribution in [0.2, 0.25) is 0 Å². The van der Waals surface area contributed by atoms with Crippen LogP contribution in [0.1, 0.15) is 22.8 Å². The number of methoxy groups -OCH3 is 1. The SMILES string of the molecule is CCOc1ccc(CC(=O)c2ccc(OC)cc2O)cc1. The Morgan fingerprint density at radius 1 is 1.10 bits per heavy atom. The Kier molecular flexibility index (Phi) is 4.82. The quantitative estimate of drug-likeness (QED) is 0.828. The molecule has 2 aromatic carbocycles. The van der Waals surface area contributed by atoms with Gasteiger partial charge in [0.25, 0.3) is 0 Å². The second-order valence-electron chi connectivity index (χ2n) is 4.56. The molecular formula is C17H18O4. The molecule has 0 saturated carbocycles. The van der Waals surface area contributed by atoms with Gasteiger partial charge in [0.1, 0.15) is 17.2 Å². The van der Waals surface area contributed by atoms with E-state index in [-0.39, 0.29) is 18.0 Å². The Morgan fingerprint density at radius 3 is 2.33 bits per heavy atom. The Balaban J connectivity index is 2.10. The summed E-state index contributed by atoms with van der Waals surface area (Å²) in [6.45, 7) is 2.53. The third-order valence-electron chi connectivity index (χ3n) is 3.10. The average Bonchev–Trinajstić information content (AvgIpc) is 2.49. The van der Waals surface area contributed by atoms with Crippen molar-refractivity contribution in [2.75, 3.05) is 13.7 Å². The molecule has 0 radical (unpaired) electrons. The Labute approximate surface area is 123 Å². The Hall–Kier alpha value is -2.49. The molecule has 4 nitrogen and oxygen atoms in total. The number of phenolic OH excluding ortho intramolecular Hbond substituents is 1. The molecule has 0 bridgehead atoms. The second-order valence-corrected chi connectivity index (χ2v) is 4.56.